The van der Waals surface area contributed by atoms with E-state index in [0.29, 0.717) is 34.0 Å². The Morgan fingerprint density at radius 3 is 2.72 bits per heavy atom. The fraction of sp³-hybridized carbons (Fsp3) is 0.0588. The van der Waals surface area contributed by atoms with E-state index < -0.39 is 0 Å². The monoisotopic (exact) mass is 354 g/mol. The molecule has 4 rings (SSSR count). The van der Waals surface area contributed by atoms with Crippen molar-refractivity contribution >= 4 is 11.8 Å². The zero-order valence-electron chi connectivity index (χ0n) is 12.8. The van der Waals surface area contributed by atoms with Gasteiger partial charge in [0.1, 0.15) is 12.1 Å². The summed E-state index contributed by atoms with van der Waals surface area (Å²) in [6.07, 6.45) is 4.86. The summed E-state index contributed by atoms with van der Waals surface area (Å²) in [5, 5.41) is 8.45. The van der Waals surface area contributed by atoms with Crippen LogP contribution in [0.5, 0.6) is 0 Å². The zero-order chi connectivity index (χ0) is 17.1. The van der Waals surface area contributed by atoms with E-state index in [2.05, 4.69) is 20.2 Å². The third-order valence-electron chi connectivity index (χ3n) is 3.30. The van der Waals surface area contributed by atoms with Crippen LogP contribution >= 0.6 is 11.8 Å². The second-order valence-corrected chi connectivity index (χ2v) is 5.98. The van der Waals surface area contributed by atoms with Gasteiger partial charge in [0, 0.05) is 29.3 Å². The second kappa shape index (κ2) is 6.86. The number of aromatic nitrogens is 4. The van der Waals surface area contributed by atoms with Gasteiger partial charge in [-0.15, -0.1) is 10.2 Å². The molecule has 25 heavy (non-hydrogen) atoms. The van der Waals surface area contributed by atoms with Crippen LogP contribution in [0.4, 0.5) is 4.39 Å². The van der Waals surface area contributed by atoms with Crippen LogP contribution < -0.4 is 0 Å². The van der Waals surface area contributed by atoms with Crippen molar-refractivity contribution in [3.63, 3.8) is 0 Å². The van der Waals surface area contributed by atoms with Gasteiger partial charge in [-0.25, -0.2) is 9.37 Å². The van der Waals surface area contributed by atoms with Crippen molar-refractivity contribution in [2.45, 2.75) is 11.0 Å². The smallest absolute Gasteiger partial charge is 0.277 e. The molecule has 6 nitrogen and oxygen atoms in total. The van der Waals surface area contributed by atoms with Crippen LogP contribution in [0, 0.1) is 5.82 Å². The number of hydrogen-bond acceptors (Lipinski definition) is 7. The minimum Gasteiger partial charge on any atom is -0.444 e. The van der Waals surface area contributed by atoms with Crippen LogP contribution in [-0.4, -0.2) is 20.2 Å². The number of oxazole rings is 1. The van der Waals surface area contributed by atoms with E-state index in [4.69, 9.17) is 8.83 Å². The number of halogens is 1. The predicted molar refractivity (Wildman–Crippen MR) is 89.0 cm³/mol. The molecular weight excluding hydrogens is 343 g/mol. The second-order valence-electron chi connectivity index (χ2n) is 5.05. The lowest BCUT2D eigenvalue weighted by Gasteiger charge is -1.94. The molecule has 0 atom stereocenters. The van der Waals surface area contributed by atoms with Crippen molar-refractivity contribution in [2.24, 2.45) is 0 Å². The van der Waals surface area contributed by atoms with Gasteiger partial charge in [-0.1, -0.05) is 17.8 Å². The molecule has 0 aliphatic carbocycles. The molecular formula is C17H11FN4O2S. The molecule has 3 aromatic heterocycles. The highest BCUT2D eigenvalue weighted by Crippen LogP contribution is 2.26. The standard InChI is InChI=1S/C17H11FN4O2S/c18-13-3-1-2-12(8-13)15-20-14(9-23-15)10-25-17-22-21-16(24-17)11-4-6-19-7-5-11/h1-9H,10H2. The predicted octanol–water partition coefficient (Wildman–Crippen LogP) is 4.22. The summed E-state index contributed by atoms with van der Waals surface area (Å²) in [4.78, 5) is 8.30. The first-order chi connectivity index (χ1) is 12.3. The van der Waals surface area contributed by atoms with Crippen LogP contribution in [0.3, 0.4) is 0 Å². The Morgan fingerprint density at radius 2 is 1.88 bits per heavy atom. The van der Waals surface area contributed by atoms with E-state index in [1.54, 1.807) is 36.7 Å². The summed E-state index contributed by atoms with van der Waals surface area (Å²) in [5.41, 5.74) is 2.10. The van der Waals surface area contributed by atoms with Gasteiger partial charge in [-0.3, -0.25) is 4.98 Å². The molecule has 0 saturated carbocycles. The van der Waals surface area contributed by atoms with Crippen LogP contribution in [0.15, 0.2) is 69.1 Å². The summed E-state index contributed by atoms with van der Waals surface area (Å²) in [7, 11) is 0. The third-order valence-corrected chi connectivity index (χ3v) is 4.15. The molecule has 0 spiro atoms. The van der Waals surface area contributed by atoms with E-state index in [0.717, 1.165) is 5.56 Å². The highest BCUT2D eigenvalue weighted by molar-refractivity contribution is 7.98. The molecule has 0 fully saturated rings. The average Bonchev–Trinajstić information content (AvgIpc) is 3.30. The largest absolute Gasteiger partial charge is 0.444 e. The van der Waals surface area contributed by atoms with E-state index >= 15 is 0 Å². The first-order valence-corrected chi connectivity index (χ1v) is 8.33. The first kappa shape index (κ1) is 15.5. The summed E-state index contributed by atoms with van der Waals surface area (Å²) in [5.74, 6) is 0.973. The maximum atomic E-state index is 13.3. The summed E-state index contributed by atoms with van der Waals surface area (Å²) in [6.45, 7) is 0. The number of rotatable bonds is 5. The molecule has 4 aromatic rings. The highest BCUT2D eigenvalue weighted by atomic mass is 32.2. The first-order valence-electron chi connectivity index (χ1n) is 7.35. The average molecular weight is 354 g/mol. The number of benzene rings is 1. The Balaban J connectivity index is 1.43. The van der Waals surface area contributed by atoms with Gasteiger partial charge in [-0.2, -0.15) is 0 Å². The van der Waals surface area contributed by atoms with Gasteiger partial charge in [0.15, 0.2) is 0 Å². The fourth-order valence-electron chi connectivity index (χ4n) is 2.14. The Hall–Kier alpha value is -3.00. The van der Waals surface area contributed by atoms with Crippen molar-refractivity contribution in [2.75, 3.05) is 0 Å². The van der Waals surface area contributed by atoms with Crippen LogP contribution in [0.25, 0.3) is 22.9 Å². The molecule has 0 saturated heterocycles. The lowest BCUT2D eigenvalue weighted by molar-refractivity contribution is 0.465. The quantitative estimate of drug-likeness (QED) is 0.497. The molecule has 0 unspecified atom stereocenters. The van der Waals surface area contributed by atoms with Crippen molar-refractivity contribution in [3.05, 3.63) is 66.6 Å². The Bertz CT molecular complexity index is 987. The van der Waals surface area contributed by atoms with Crippen molar-refractivity contribution in [1.82, 2.24) is 20.2 Å². The normalized spacial score (nSPS) is 10.9. The Kier molecular flexibility index (Phi) is 4.26. The SMILES string of the molecule is Fc1cccc(-c2nc(CSc3nnc(-c4ccncc4)o3)co2)c1. The maximum Gasteiger partial charge on any atom is 0.277 e. The van der Waals surface area contributed by atoms with E-state index in [1.165, 1.54) is 30.2 Å². The minimum absolute atomic E-state index is 0.332. The third kappa shape index (κ3) is 3.58. The van der Waals surface area contributed by atoms with Gasteiger partial charge in [0.2, 0.25) is 11.8 Å². The molecule has 124 valence electrons. The number of nitrogens with zero attached hydrogens (tertiary/aromatic N) is 4. The molecule has 0 bridgehead atoms. The Morgan fingerprint density at radius 1 is 1.00 bits per heavy atom. The topological polar surface area (TPSA) is 77.8 Å². The van der Waals surface area contributed by atoms with Crippen LogP contribution in [0.1, 0.15) is 5.69 Å². The lowest BCUT2D eigenvalue weighted by Crippen LogP contribution is -1.83. The minimum atomic E-state index is -0.332. The molecule has 0 radical (unpaired) electrons. The summed E-state index contributed by atoms with van der Waals surface area (Å²) < 4.78 is 24.3. The molecule has 0 amide bonds. The Labute approximate surface area is 146 Å². The van der Waals surface area contributed by atoms with E-state index in [9.17, 15) is 4.39 Å². The highest BCUT2D eigenvalue weighted by Gasteiger charge is 2.12. The summed E-state index contributed by atoms with van der Waals surface area (Å²) >= 11 is 1.35. The molecule has 0 aliphatic rings. The molecule has 0 aliphatic heterocycles. The number of thioether (sulfide) groups is 1. The number of pyridine rings is 1. The van der Waals surface area contributed by atoms with Gasteiger partial charge >= 0.3 is 0 Å². The zero-order valence-corrected chi connectivity index (χ0v) is 13.6. The fourth-order valence-corrected chi connectivity index (χ4v) is 2.78. The van der Waals surface area contributed by atoms with E-state index in [1.807, 2.05) is 0 Å². The lowest BCUT2D eigenvalue weighted by atomic mass is 10.2. The van der Waals surface area contributed by atoms with Crippen molar-refractivity contribution in [3.8, 4) is 22.9 Å². The summed E-state index contributed by atoms with van der Waals surface area (Å²) in [6, 6.07) is 9.70. The van der Waals surface area contributed by atoms with Crippen LogP contribution in [0.2, 0.25) is 0 Å². The van der Waals surface area contributed by atoms with Gasteiger partial charge in [0.25, 0.3) is 5.22 Å². The molecule has 0 N–H and O–H groups in total. The number of hydrogen-bond donors (Lipinski definition) is 0. The molecule has 3 heterocycles. The molecule has 1 aromatic carbocycles. The van der Waals surface area contributed by atoms with Gasteiger partial charge in [0.05, 0.1) is 5.69 Å². The van der Waals surface area contributed by atoms with Gasteiger partial charge < -0.3 is 8.83 Å². The van der Waals surface area contributed by atoms with Crippen LogP contribution in [-0.2, 0) is 5.75 Å². The van der Waals surface area contributed by atoms with Crippen molar-refractivity contribution in [1.29, 1.82) is 0 Å². The maximum absolute atomic E-state index is 13.3. The van der Waals surface area contributed by atoms with Gasteiger partial charge in [-0.05, 0) is 30.3 Å². The molecule has 8 heteroatoms. The van der Waals surface area contributed by atoms with E-state index in [-0.39, 0.29) is 5.82 Å². The van der Waals surface area contributed by atoms with Crippen molar-refractivity contribution < 1.29 is 13.2 Å².